The highest BCUT2D eigenvalue weighted by atomic mass is 16.5. The van der Waals surface area contributed by atoms with Crippen LogP contribution in [-0.4, -0.2) is 23.0 Å². The zero-order valence-electron chi connectivity index (χ0n) is 11.5. The van der Waals surface area contributed by atoms with Gasteiger partial charge in [0.25, 0.3) is 5.56 Å². The predicted molar refractivity (Wildman–Crippen MR) is 80.2 cm³/mol. The van der Waals surface area contributed by atoms with E-state index < -0.39 is 0 Å². The number of anilines is 2. The zero-order chi connectivity index (χ0) is 15.1. The molecule has 2 aromatic rings. The molecule has 108 valence electrons. The molecule has 1 heterocycles. The van der Waals surface area contributed by atoms with Gasteiger partial charge in [0, 0.05) is 18.0 Å². The monoisotopic (exact) mass is 285 g/mol. The molecule has 0 saturated carbocycles. The lowest BCUT2D eigenvalue weighted by molar-refractivity contribution is -0.139. The van der Waals surface area contributed by atoms with E-state index >= 15 is 0 Å². The fourth-order valence-corrected chi connectivity index (χ4v) is 1.62. The molecule has 6 nitrogen and oxygen atoms in total. The number of aromatic nitrogens is 2. The summed E-state index contributed by atoms with van der Waals surface area (Å²) in [5.41, 5.74) is 1.54. The van der Waals surface area contributed by atoms with Gasteiger partial charge < -0.3 is 10.1 Å². The Morgan fingerprint density at radius 1 is 1.33 bits per heavy atom. The number of carbonyl (C=O) groups is 1. The Kier molecular flexibility index (Phi) is 4.87. The average molecular weight is 285 g/mol. The van der Waals surface area contributed by atoms with Crippen molar-refractivity contribution in [2.24, 2.45) is 0 Å². The molecule has 1 aromatic carbocycles. The SMILES string of the molecule is COC(=O)CC=Cc1ccc(Nc2nccc(=O)[nH]2)cc1. The van der Waals surface area contributed by atoms with Gasteiger partial charge in [-0.3, -0.25) is 14.6 Å². The second-order valence-electron chi connectivity index (χ2n) is 4.21. The van der Waals surface area contributed by atoms with Crippen molar-refractivity contribution in [2.45, 2.75) is 6.42 Å². The van der Waals surface area contributed by atoms with Crippen LogP contribution in [0, 0.1) is 0 Å². The lowest BCUT2D eigenvalue weighted by Gasteiger charge is -2.04. The third kappa shape index (κ3) is 4.61. The van der Waals surface area contributed by atoms with Crippen LogP contribution in [0.2, 0.25) is 0 Å². The Morgan fingerprint density at radius 3 is 2.76 bits per heavy atom. The third-order valence-corrected chi connectivity index (χ3v) is 2.67. The molecule has 0 aliphatic carbocycles. The molecule has 0 spiro atoms. The number of nitrogens with zero attached hydrogens (tertiary/aromatic N) is 1. The maximum absolute atomic E-state index is 11.2. The van der Waals surface area contributed by atoms with Crippen molar-refractivity contribution in [1.82, 2.24) is 9.97 Å². The van der Waals surface area contributed by atoms with Crippen molar-refractivity contribution in [3.05, 3.63) is 58.5 Å². The van der Waals surface area contributed by atoms with E-state index in [0.29, 0.717) is 5.95 Å². The van der Waals surface area contributed by atoms with Gasteiger partial charge in [0.05, 0.1) is 13.5 Å². The third-order valence-electron chi connectivity index (χ3n) is 2.67. The maximum Gasteiger partial charge on any atom is 0.309 e. The number of nitrogens with one attached hydrogen (secondary N) is 2. The van der Waals surface area contributed by atoms with Gasteiger partial charge in [0.15, 0.2) is 0 Å². The summed E-state index contributed by atoms with van der Waals surface area (Å²) in [6.07, 6.45) is 5.25. The van der Waals surface area contributed by atoms with Crippen LogP contribution < -0.4 is 10.9 Å². The molecule has 0 aliphatic heterocycles. The fraction of sp³-hybridized carbons (Fsp3) is 0.133. The molecule has 1 aromatic heterocycles. The largest absolute Gasteiger partial charge is 0.469 e. The summed E-state index contributed by atoms with van der Waals surface area (Å²) >= 11 is 0. The van der Waals surface area contributed by atoms with E-state index in [-0.39, 0.29) is 17.9 Å². The summed E-state index contributed by atoms with van der Waals surface area (Å²) in [7, 11) is 1.36. The van der Waals surface area contributed by atoms with Crippen molar-refractivity contribution in [3.8, 4) is 0 Å². The Bertz CT molecular complexity index is 690. The molecule has 6 heteroatoms. The number of ether oxygens (including phenoxy) is 1. The average Bonchev–Trinajstić information content (AvgIpc) is 2.49. The molecule has 0 unspecified atom stereocenters. The van der Waals surface area contributed by atoms with E-state index in [1.807, 2.05) is 30.3 Å². The molecule has 2 N–H and O–H groups in total. The number of aromatic amines is 1. The fourth-order valence-electron chi connectivity index (χ4n) is 1.62. The van der Waals surface area contributed by atoms with Crippen molar-refractivity contribution < 1.29 is 9.53 Å². The zero-order valence-corrected chi connectivity index (χ0v) is 11.5. The molecule has 0 saturated heterocycles. The molecule has 0 amide bonds. The smallest absolute Gasteiger partial charge is 0.309 e. The molecular formula is C15H15N3O3. The van der Waals surface area contributed by atoms with E-state index in [2.05, 4.69) is 20.0 Å². The Balaban J connectivity index is 1.99. The standard InChI is InChI=1S/C15H15N3O3/c1-21-14(20)4-2-3-11-5-7-12(8-6-11)17-15-16-10-9-13(19)18-15/h2-3,5-10H,4H2,1H3,(H2,16,17,18,19). The molecule has 2 rings (SSSR count). The summed E-state index contributed by atoms with van der Waals surface area (Å²) in [6.45, 7) is 0. The summed E-state index contributed by atoms with van der Waals surface area (Å²) in [5.74, 6) is 0.111. The van der Waals surface area contributed by atoms with Crippen molar-refractivity contribution >= 4 is 23.7 Å². The Morgan fingerprint density at radius 2 is 2.10 bits per heavy atom. The number of methoxy groups -OCH3 is 1. The lowest BCUT2D eigenvalue weighted by atomic mass is 10.2. The highest BCUT2D eigenvalue weighted by Crippen LogP contribution is 2.14. The first-order valence-electron chi connectivity index (χ1n) is 6.33. The van der Waals surface area contributed by atoms with Crippen LogP contribution in [0.1, 0.15) is 12.0 Å². The minimum absolute atomic E-state index is 0.213. The number of esters is 1. The minimum Gasteiger partial charge on any atom is -0.469 e. The van der Waals surface area contributed by atoms with Crippen LogP contribution in [0.5, 0.6) is 0 Å². The second kappa shape index (κ2) is 7.04. The Labute approximate surface area is 121 Å². The predicted octanol–water partition coefficient (Wildman–Crippen LogP) is 2.09. The van der Waals surface area contributed by atoms with Crippen LogP contribution in [0.25, 0.3) is 6.08 Å². The van der Waals surface area contributed by atoms with Crippen LogP contribution in [0.15, 0.2) is 47.4 Å². The number of hydrogen-bond donors (Lipinski definition) is 2. The highest BCUT2D eigenvalue weighted by molar-refractivity contribution is 5.72. The number of hydrogen-bond acceptors (Lipinski definition) is 5. The van der Waals surface area contributed by atoms with Gasteiger partial charge >= 0.3 is 5.97 Å². The molecule has 0 aliphatic rings. The van der Waals surface area contributed by atoms with Crippen molar-refractivity contribution in [1.29, 1.82) is 0 Å². The van der Waals surface area contributed by atoms with E-state index in [0.717, 1.165) is 11.3 Å². The van der Waals surface area contributed by atoms with E-state index in [9.17, 15) is 9.59 Å². The van der Waals surface area contributed by atoms with Crippen LogP contribution in [0.3, 0.4) is 0 Å². The number of rotatable bonds is 5. The second-order valence-corrected chi connectivity index (χ2v) is 4.21. The maximum atomic E-state index is 11.2. The molecule has 0 radical (unpaired) electrons. The Hall–Kier alpha value is -2.89. The van der Waals surface area contributed by atoms with Crippen molar-refractivity contribution in [3.63, 3.8) is 0 Å². The highest BCUT2D eigenvalue weighted by Gasteiger charge is 1.97. The van der Waals surface area contributed by atoms with Crippen molar-refractivity contribution in [2.75, 3.05) is 12.4 Å². The molecule has 21 heavy (non-hydrogen) atoms. The van der Waals surface area contributed by atoms with Crippen LogP contribution in [0.4, 0.5) is 11.6 Å². The van der Waals surface area contributed by atoms with Gasteiger partial charge in [-0.15, -0.1) is 0 Å². The van der Waals surface area contributed by atoms with Gasteiger partial charge in [-0.2, -0.15) is 0 Å². The quantitative estimate of drug-likeness (QED) is 0.822. The summed E-state index contributed by atoms with van der Waals surface area (Å²) in [5, 5.41) is 2.99. The first-order chi connectivity index (χ1) is 10.2. The molecular weight excluding hydrogens is 270 g/mol. The van der Waals surface area contributed by atoms with Crippen LogP contribution >= 0.6 is 0 Å². The number of H-pyrrole nitrogens is 1. The summed E-state index contributed by atoms with van der Waals surface area (Å²) in [4.78, 5) is 28.7. The molecule has 0 atom stereocenters. The van der Waals surface area contributed by atoms with E-state index in [4.69, 9.17) is 0 Å². The van der Waals surface area contributed by atoms with Crippen LogP contribution in [-0.2, 0) is 9.53 Å². The molecule has 0 bridgehead atoms. The summed E-state index contributed by atoms with van der Waals surface area (Å²) in [6, 6.07) is 8.82. The van der Waals surface area contributed by atoms with Gasteiger partial charge in [0.1, 0.15) is 0 Å². The normalized spacial score (nSPS) is 10.5. The number of carbonyl (C=O) groups excluding carboxylic acids is 1. The van der Waals surface area contributed by atoms with E-state index in [1.165, 1.54) is 19.4 Å². The van der Waals surface area contributed by atoms with Gasteiger partial charge in [-0.05, 0) is 17.7 Å². The minimum atomic E-state index is -0.274. The molecule has 0 fully saturated rings. The topological polar surface area (TPSA) is 84.1 Å². The number of benzene rings is 1. The first kappa shape index (κ1) is 14.5. The summed E-state index contributed by atoms with van der Waals surface area (Å²) < 4.78 is 4.55. The van der Waals surface area contributed by atoms with Gasteiger partial charge in [-0.25, -0.2) is 4.98 Å². The van der Waals surface area contributed by atoms with Gasteiger partial charge in [-0.1, -0.05) is 24.3 Å². The first-order valence-corrected chi connectivity index (χ1v) is 6.33. The van der Waals surface area contributed by atoms with Gasteiger partial charge in [0.2, 0.25) is 5.95 Å². The lowest BCUT2D eigenvalue weighted by Crippen LogP contribution is -2.08. The van der Waals surface area contributed by atoms with E-state index in [1.54, 1.807) is 6.08 Å².